The normalized spacial score (nSPS) is 31.9. The smallest absolute Gasteiger partial charge is 0.166 e. The lowest BCUT2D eigenvalue weighted by atomic mass is 9.59. The van der Waals surface area contributed by atoms with Crippen LogP contribution < -0.4 is 0 Å². The van der Waals surface area contributed by atoms with Gasteiger partial charge in [-0.3, -0.25) is 4.79 Å². The molecule has 1 aromatic rings. The van der Waals surface area contributed by atoms with Gasteiger partial charge in [-0.15, -0.1) is 0 Å². The van der Waals surface area contributed by atoms with Crippen LogP contribution in [-0.2, 0) is 6.42 Å². The number of fused-ring (bicyclic) bond motifs is 2. The summed E-state index contributed by atoms with van der Waals surface area (Å²) in [4.78, 5) is 12.5. The van der Waals surface area contributed by atoms with E-state index in [2.05, 4.69) is 6.92 Å². The Bertz CT molecular complexity index is 480. The Morgan fingerprint density at radius 1 is 1.35 bits per heavy atom. The molecule has 3 rings (SSSR count). The van der Waals surface area contributed by atoms with Gasteiger partial charge in [0.25, 0.3) is 0 Å². The zero-order valence-corrected chi connectivity index (χ0v) is 10.9. The van der Waals surface area contributed by atoms with E-state index in [1.165, 1.54) is 19.3 Å². The highest BCUT2D eigenvalue weighted by atomic mass is 35.5. The van der Waals surface area contributed by atoms with Crippen LogP contribution in [0, 0.1) is 11.3 Å². The zero-order valence-electron chi connectivity index (χ0n) is 10.1. The lowest BCUT2D eigenvalue weighted by Crippen LogP contribution is -2.42. The summed E-state index contributed by atoms with van der Waals surface area (Å²) in [5.41, 5.74) is 2.24. The third kappa shape index (κ3) is 1.72. The van der Waals surface area contributed by atoms with E-state index in [4.69, 9.17) is 11.6 Å². The van der Waals surface area contributed by atoms with Crippen LogP contribution in [0.4, 0.5) is 0 Å². The molecule has 0 aliphatic heterocycles. The molecular weight excluding hydrogens is 232 g/mol. The quantitative estimate of drug-likeness (QED) is 0.670. The van der Waals surface area contributed by atoms with Crippen molar-refractivity contribution in [2.45, 2.75) is 39.0 Å². The maximum atomic E-state index is 12.5. The van der Waals surface area contributed by atoms with Crippen molar-refractivity contribution in [2.24, 2.45) is 11.3 Å². The molecule has 17 heavy (non-hydrogen) atoms. The Kier molecular flexibility index (Phi) is 2.55. The summed E-state index contributed by atoms with van der Waals surface area (Å²) >= 11 is 6.03. The van der Waals surface area contributed by atoms with E-state index in [0.717, 1.165) is 29.0 Å². The maximum absolute atomic E-state index is 12.5. The van der Waals surface area contributed by atoms with Crippen LogP contribution in [0.15, 0.2) is 18.2 Å². The molecular formula is C15H17ClO. The second-order valence-electron chi connectivity index (χ2n) is 5.79. The number of hydrogen-bond donors (Lipinski definition) is 0. The summed E-state index contributed by atoms with van der Waals surface area (Å²) in [6.07, 6.45) is 5.72. The summed E-state index contributed by atoms with van der Waals surface area (Å²) in [7, 11) is 0. The van der Waals surface area contributed by atoms with Crippen molar-refractivity contribution >= 4 is 17.4 Å². The van der Waals surface area contributed by atoms with Crippen LogP contribution in [-0.4, -0.2) is 5.78 Å². The first-order chi connectivity index (χ1) is 8.10. The predicted molar refractivity (Wildman–Crippen MR) is 69.6 cm³/mol. The fraction of sp³-hybridized carbons (Fsp3) is 0.533. The van der Waals surface area contributed by atoms with E-state index < -0.39 is 0 Å². The van der Waals surface area contributed by atoms with Crippen LogP contribution in [0.2, 0.25) is 5.02 Å². The van der Waals surface area contributed by atoms with E-state index in [0.29, 0.717) is 5.78 Å². The van der Waals surface area contributed by atoms with Gasteiger partial charge in [-0.05, 0) is 48.4 Å². The van der Waals surface area contributed by atoms with Crippen LogP contribution in [0.3, 0.4) is 0 Å². The van der Waals surface area contributed by atoms with Gasteiger partial charge in [-0.1, -0.05) is 31.4 Å². The minimum absolute atomic E-state index is 0.174. The fourth-order valence-electron chi connectivity index (χ4n) is 3.63. The molecule has 2 unspecified atom stereocenters. The molecule has 1 aromatic carbocycles. The molecule has 90 valence electrons. The van der Waals surface area contributed by atoms with Gasteiger partial charge in [0, 0.05) is 16.5 Å². The number of benzene rings is 1. The molecule has 1 fully saturated rings. The van der Waals surface area contributed by atoms with Gasteiger partial charge in [0.2, 0.25) is 0 Å². The van der Waals surface area contributed by atoms with Crippen molar-refractivity contribution in [1.29, 1.82) is 0 Å². The average molecular weight is 249 g/mol. The number of carbonyl (C=O) groups is 1. The lowest BCUT2D eigenvalue weighted by molar-refractivity contribution is 0.0602. The monoisotopic (exact) mass is 248 g/mol. The summed E-state index contributed by atoms with van der Waals surface area (Å²) < 4.78 is 0. The van der Waals surface area contributed by atoms with Crippen molar-refractivity contribution in [3.8, 4) is 0 Å². The van der Waals surface area contributed by atoms with Crippen LogP contribution in [0.5, 0.6) is 0 Å². The topological polar surface area (TPSA) is 17.1 Å². The zero-order chi connectivity index (χ0) is 12.0. The first kappa shape index (κ1) is 11.3. The molecule has 1 nitrogen and oxygen atoms in total. The summed E-state index contributed by atoms with van der Waals surface area (Å²) in [6.45, 7) is 2.28. The van der Waals surface area contributed by atoms with Crippen LogP contribution >= 0.6 is 11.6 Å². The molecule has 0 aromatic heterocycles. The Balaban J connectivity index is 2.09. The molecule has 2 atom stereocenters. The van der Waals surface area contributed by atoms with E-state index >= 15 is 0 Å². The number of carbonyl (C=O) groups excluding carboxylic acids is 1. The van der Waals surface area contributed by atoms with Gasteiger partial charge >= 0.3 is 0 Å². The highest BCUT2D eigenvalue weighted by Gasteiger charge is 2.45. The molecule has 2 aliphatic rings. The lowest BCUT2D eigenvalue weighted by Gasteiger charge is -2.44. The van der Waals surface area contributed by atoms with Gasteiger partial charge in [0.05, 0.1) is 0 Å². The van der Waals surface area contributed by atoms with E-state index in [1.54, 1.807) is 0 Å². The van der Waals surface area contributed by atoms with Crippen LogP contribution in [0.25, 0.3) is 0 Å². The second kappa shape index (κ2) is 3.84. The minimum atomic E-state index is 0.174. The van der Waals surface area contributed by atoms with Gasteiger partial charge in [-0.25, -0.2) is 0 Å². The number of hydrogen-bond acceptors (Lipinski definition) is 1. The number of halogens is 1. The van der Waals surface area contributed by atoms with Crippen molar-refractivity contribution in [1.82, 2.24) is 0 Å². The molecule has 1 saturated carbocycles. The van der Waals surface area contributed by atoms with Crippen molar-refractivity contribution in [2.75, 3.05) is 0 Å². The van der Waals surface area contributed by atoms with Crippen molar-refractivity contribution in [3.63, 3.8) is 0 Å². The van der Waals surface area contributed by atoms with Crippen molar-refractivity contribution in [3.05, 3.63) is 34.3 Å². The molecule has 2 heteroatoms. The Morgan fingerprint density at radius 3 is 3.00 bits per heavy atom. The molecule has 0 bridgehead atoms. The number of Topliss-reactive ketones (excluding diaryl/α,β-unsaturated/α-hetero) is 1. The summed E-state index contributed by atoms with van der Waals surface area (Å²) in [5, 5.41) is 0.745. The first-order valence-electron chi connectivity index (χ1n) is 6.43. The molecule has 2 aliphatic carbocycles. The Hall–Kier alpha value is -0.820. The van der Waals surface area contributed by atoms with Gasteiger partial charge in [0.15, 0.2) is 5.78 Å². The third-order valence-electron chi connectivity index (χ3n) is 4.58. The Morgan fingerprint density at radius 2 is 2.18 bits per heavy atom. The van der Waals surface area contributed by atoms with Gasteiger partial charge in [0.1, 0.15) is 0 Å². The maximum Gasteiger partial charge on any atom is 0.166 e. The largest absolute Gasteiger partial charge is 0.294 e. The van der Waals surface area contributed by atoms with Crippen molar-refractivity contribution < 1.29 is 4.79 Å². The van der Waals surface area contributed by atoms with E-state index in [-0.39, 0.29) is 11.3 Å². The molecule has 0 heterocycles. The standard InChI is InChI=1S/C15H17ClO/c1-15-7-3-2-4-13(15)14(17)12-6-5-11(16)8-10(12)9-15/h5-6,8,13H,2-4,7,9H2,1H3. The molecule has 0 amide bonds. The molecule has 0 saturated heterocycles. The van der Waals surface area contributed by atoms with E-state index in [1.807, 2.05) is 18.2 Å². The number of rotatable bonds is 0. The molecule has 0 N–H and O–H groups in total. The third-order valence-corrected chi connectivity index (χ3v) is 4.81. The predicted octanol–water partition coefficient (Wildman–Crippen LogP) is 4.28. The fourth-order valence-corrected chi connectivity index (χ4v) is 3.83. The highest BCUT2D eigenvalue weighted by molar-refractivity contribution is 6.30. The number of ketones is 1. The SMILES string of the molecule is CC12CCCCC1C(=O)c1ccc(Cl)cc1C2. The minimum Gasteiger partial charge on any atom is -0.294 e. The highest BCUT2D eigenvalue weighted by Crippen LogP contribution is 2.48. The van der Waals surface area contributed by atoms with Gasteiger partial charge < -0.3 is 0 Å². The molecule has 0 radical (unpaired) electrons. The van der Waals surface area contributed by atoms with Gasteiger partial charge in [-0.2, -0.15) is 0 Å². The van der Waals surface area contributed by atoms with E-state index in [9.17, 15) is 4.79 Å². The first-order valence-corrected chi connectivity index (χ1v) is 6.81. The Labute approximate surface area is 107 Å². The summed E-state index contributed by atoms with van der Waals surface area (Å²) in [6, 6.07) is 5.73. The summed E-state index contributed by atoms with van der Waals surface area (Å²) in [5.74, 6) is 0.593. The molecule has 0 spiro atoms. The van der Waals surface area contributed by atoms with Crippen LogP contribution in [0.1, 0.15) is 48.5 Å². The average Bonchev–Trinajstić information content (AvgIpc) is 2.28. The second-order valence-corrected chi connectivity index (χ2v) is 6.23.